The number of nitrogens with zero attached hydrogens (tertiary/aromatic N) is 4. The van der Waals surface area contributed by atoms with E-state index in [-0.39, 0.29) is 0 Å². The summed E-state index contributed by atoms with van der Waals surface area (Å²) < 4.78 is 7.30. The molecule has 0 amide bonds. The number of nitrogens with one attached hydrogen (secondary N) is 1. The largest absolute Gasteiger partial charge is 0.394 e. The van der Waals surface area contributed by atoms with Crippen molar-refractivity contribution in [2.75, 3.05) is 11.9 Å². The summed E-state index contributed by atoms with van der Waals surface area (Å²) in [6.45, 7) is 1.86. The van der Waals surface area contributed by atoms with Crippen LogP contribution in [0, 0.1) is 6.92 Å². The number of rotatable bonds is 5. The van der Waals surface area contributed by atoms with Crippen molar-refractivity contribution >= 4 is 17.1 Å². The van der Waals surface area contributed by atoms with E-state index in [0.29, 0.717) is 29.5 Å². The highest BCUT2D eigenvalue weighted by Gasteiger charge is 2.44. The molecule has 1 aliphatic rings. The number of fused-ring (bicyclic) bond motifs is 1. The second-order valence-electron chi connectivity index (χ2n) is 6.50. The van der Waals surface area contributed by atoms with Crippen LogP contribution >= 0.6 is 0 Å². The summed E-state index contributed by atoms with van der Waals surface area (Å²) >= 11 is 0. The second-order valence-corrected chi connectivity index (χ2v) is 6.50. The molecular weight excluding hydrogens is 350 g/mol. The van der Waals surface area contributed by atoms with E-state index in [9.17, 15) is 15.3 Å². The highest BCUT2D eigenvalue weighted by molar-refractivity contribution is 5.74. The molecule has 3 heterocycles. The number of aromatic nitrogens is 4. The predicted octanol–water partition coefficient (Wildman–Crippen LogP) is 0.358. The van der Waals surface area contributed by atoms with Crippen LogP contribution in [-0.2, 0) is 11.3 Å². The van der Waals surface area contributed by atoms with E-state index in [1.165, 1.54) is 0 Å². The first-order chi connectivity index (χ1) is 13.1. The average molecular weight is 371 g/mol. The van der Waals surface area contributed by atoms with Crippen molar-refractivity contribution < 1.29 is 20.1 Å². The fourth-order valence-electron chi connectivity index (χ4n) is 3.21. The number of ether oxygens (including phenoxy) is 1. The van der Waals surface area contributed by atoms with Gasteiger partial charge in [0, 0.05) is 6.54 Å². The lowest BCUT2D eigenvalue weighted by Crippen LogP contribution is -2.33. The Morgan fingerprint density at radius 1 is 1.15 bits per heavy atom. The Labute approximate surface area is 155 Å². The molecule has 3 aromatic rings. The highest BCUT2D eigenvalue weighted by atomic mass is 16.6. The van der Waals surface area contributed by atoms with Gasteiger partial charge in [-0.05, 0) is 12.5 Å². The zero-order chi connectivity index (χ0) is 19.0. The summed E-state index contributed by atoms with van der Waals surface area (Å²) in [5.41, 5.74) is 2.07. The molecule has 9 heteroatoms. The molecule has 0 aliphatic carbocycles. The molecule has 0 bridgehead atoms. The SMILES string of the molecule is Cc1ncc2nc(NCc3ccccc3)n([C@@H]3O[C@H](CO)[C@@H](O)[C@@H]3O)c2n1. The van der Waals surface area contributed by atoms with Gasteiger partial charge >= 0.3 is 0 Å². The van der Waals surface area contributed by atoms with Crippen LogP contribution in [0.25, 0.3) is 11.2 Å². The first-order valence-electron chi connectivity index (χ1n) is 8.70. The maximum atomic E-state index is 10.5. The summed E-state index contributed by atoms with van der Waals surface area (Å²) in [5.74, 6) is 0.980. The van der Waals surface area contributed by atoms with Crippen LogP contribution in [0.2, 0.25) is 0 Å². The number of benzene rings is 1. The van der Waals surface area contributed by atoms with Crippen molar-refractivity contribution in [2.24, 2.45) is 0 Å². The zero-order valence-corrected chi connectivity index (χ0v) is 14.7. The number of aliphatic hydroxyl groups excluding tert-OH is 3. The van der Waals surface area contributed by atoms with Crippen molar-refractivity contribution in [2.45, 2.75) is 38.0 Å². The third kappa shape index (κ3) is 3.26. The Bertz CT molecular complexity index is 932. The Morgan fingerprint density at radius 3 is 2.63 bits per heavy atom. The number of aliphatic hydroxyl groups is 3. The molecule has 1 aliphatic heterocycles. The minimum Gasteiger partial charge on any atom is -0.394 e. The normalized spacial score (nSPS) is 25.2. The molecule has 0 spiro atoms. The van der Waals surface area contributed by atoms with Gasteiger partial charge in [-0.2, -0.15) is 0 Å². The van der Waals surface area contributed by atoms with Gasteiger partial charge in [0.05, 0.1) is 12.8 Å². The Hall–Kier alpha value is -2.59. The van der Waals surface area contributed by atoms with Gasteiger partial charge in [0.25, 0.3) is 0 Å². The number of hydrogen-bond donors (Lipinski definition) is 4. The van der Waals surface area contributed by atoms with Crippen molar-refractivity contribution in [1.82, 2.24) is 19.5 Å². The predicted molar refractivity (Wildman–Crippen MR) is 96.8 cm³/mol. The quantitative estimate of drug-likeness (QED) is 0.507. The van der Waals surface area contributed by atoms with Crippen molar-refractivity contribution in [3.8, 4) is 0 Å². The number of hydrogen-bond acceptors (Lipinski definition) is 8. The lowest BCUT2D eigenvalue weighted by molar-refractivity contribution is -0.0501. The fourth-order valence-corrected chi connectivity index (χ4v) is 3.21. The van der Waals surface area contributed by atoms with Gasteiger partial charge in [0.1, 0.15) is 29.7 Å². The molecule has 9 nitrogen and oxygen atoms in total. The molecule has 4 atom stereocenters. The van der Waals surface area contributed by atoms with Gasteiger partial charge in [-0.1, -0.05) is 30.3 Å². The second kappa shape index (κ2) is 7.20. The molecule has 0 saturated carbocycles. The third-order valence-electron chi connectivity index (χ3n) is 4.62. The Morgan fingerprint density at radius 2 is 1.93 bits per heavy atom. The lowest BCUT2D eigenvalue weighted by Gasteiger charge is -2.19. The Kier molecular flexibility index (Phi) is 4.75. The van der Waals surface area contributed by atoms with Gasteiger partial charge in [0.2, 0.25) is 5.95 Å². The van der Waals surface area contributed by atoms with Gasteiger partial charge in [-0.15, -0.1) is 0 Å². The van der Waals surface area contributed by atoms with Crippen molar-refractivity contribution in [1.29, 1.82) is 0 Å². The van der Waals surface area contributed by atoms with Crippen molar-refractivity contribution in [3.63, 3.8) is 0 Å². The molecule has 2 aromatic heterocycles. The van der Waals surface area contributed by atoms with Crippen molar-refractivity contribution in [3.05, 3.63) is 47.9 Å². The van der Waals surface area contributed by atoms with E-state index in [0.717, 1.165) is 5.56 Å². The fraction of sp³-hybridized carbons (Fsp3) is 0.389. The van der Waals surface area contributed by atoms with Crippen LogP contribution in [0.3, 0.4) is 0 Å². The summed E-state index contributed by atoms with van der Waals surface area (Å²) in [4.78, 5) is 13.1. The molecule has 1 aromatic carbocycles. The monoisotopic (exact) mass is 371 g/mol. The molecule has 0 unspecified atom stereocenters. The molecule has 142 valence electrons. The first kappa shape index (κ1) is 17.8. The molecular formula is C18H21N5O4. The molecule has 1 saturated heterocycles. The van der Waals surface area contributed by atoms with E-state index in [1.807, 2.05) is 30.3 Å². The summed E-state index contributed by atoms with van der Waals surface area (Å²) in [7, 11) is 0. The highest BCUT2D eigenvalue weighted by Crippen LogP contribution is 2.34. The smallest absolute Gasteiger partial charge is 0.207 e. The first-order valence-corrected chi connectivity index (χ1v) is 8.70. The Balaban J connectivity index is 1.73. The minimum atomic E-state index is -1.23. The van der Waals surface area contributed by atoms with E-state index < -0.39 is 31.1 Å². The minimum absolute atomic E-state index is 0.401. The van der Waals surface area contributed by atoms with E-state index in [2.05, 4.69) is 20.3 Å². The van der Waals surface area contributed by atoms with Crippen LogP contribution in [-0.4, -0.2) is 59.8 Å². The maximum Gasteiger partial charge on any atom is 0.207 e. The zero-order valence-electron chi connectivity index (χ0n) is 14.7. The standard InChI is InChI=1S/C18H21N5O4/c1-10-19-8-12-16(21-10)23(17-15(26)14(25)13(9-24)27-17)18(22-12)20-7-11-5-3-2-4-6-11/h2-6,8,13-15,17,24-26H,7,9H2,1H3,(H,20,22)/t13-,14-,15+,17-/m1/s1. The van der Waals surface area contributed by atoms with Crippen LogP contribution in [0.1, 0.15) is 17.6 Å². The summed E-state index contributed by atoms with van der Waals surface area (Å²) in [5, 5.41) is 33.2. The van der Waals surface area contributed by atoms with Gasteiger partial charge < -0.3 is 25.4 Å². The van der Waals surface area contributed by atoms with Crippen LogP contribution < -0.4 is 5.32 Å². The molecule has 1 fully saturated rings. The van der Waals surface area contributed by atoms with Crippen LogP contribution in [0.5, 0.6) is 0 Å². The van der Waals surface area contributed by atoms with Crippen LogP contribution in [0.15, 0.2) is 36.5 Å². The maximum absolute atomic E-state index is 10.5. The van der Waals surface area contributed by atoms with E-state index in [4.69, 9.17) is 4.74 Å². The topological polar surface area (TPSA) is 126 Å². The average Bonchev–Trinajstić information content (AvgIpc) is 3.18. The summed E-state index contributed by atoms with van der Waals surface area (Å²) in [6, 6.07) is 9.80. The van der Waals surface area contributed by atoms with Crippen LogP contribution in [0.4, 0.5) is 5.95 Å². The number of imidazole rings is 1. The number of anilines is 1. The number of aryl methyl sites for hydroxylation is 1. The molecule has 27 heavy (non-hydrogen) atoms. The molecule has 4 N–H and O–H groups in total. The van der Waals surface area contributed by atoms with Gasteiger partial charge in [0.15, 0.2) is 11.9 Å². The van der Waals surface area contributed by atoms with Gasteiger partial charge in [-0.3, -0.25) is 4.57 Å². The van der Waals surface area contributed by atoms with E-state index >= 15 is 0 Å². The van der Waals surface area contributed by atoms with E-state index in [1.54, 1.807) is 17.7 Å². The lowest BCUT2D eigenvalue weighted by atomic mass is 10.1. The third-order valence-corrected chi connectivity index (χ3v) is 4.62. The molecule has 4 rings (SSSR count). The van der Waals surface area contributed by atoms with Gasteiger partial charge in [-0.25, -0.2) is 15.0 Å². The molecule has 0 radical (unpaired) electrons. The summed E-state index contributed by atoms with van der Waals surface area (Å²) in [6.07, 6.45) is -2.65.